The summed E-state index contributed by atoms with van der Waals surface area (Å²) in [5, 5.41) is 16.0. The van der Waals surface area contributed by atoms with Gasteiger partial charge in [-0.1, -0.05) is 30.3 Å². The minimum atomic E-state index is -0.499. The average molecular weight is 394 g/mol. The van der Waals surface area contributed by atoms with Gasteiger partial charge in [0.05, 0.1) is 19.1 Å². The molecule has 0 radical (unpaired) electrons. The van der Waals surface area contributed by atoms with Crippen molar-refractivity contribution in [1.82, 2.24) is 0 Å². The molecule has 0 aliphatic rings. The summed E-state index contributed by atoms with van der Waals surface area (Å²) in [4.78, 5) is 24.3. The SMILES string of the molecule is COc1ccc2cc(C[NH+](C)[C@@H](C)C(=O)Nc3ccccc3[N+](=O)[O-])ccc2c1. The average Bonchev–Trinajstić information content (AvgIpc) is 2.72. The van der Waals surface area contributed by atoms with E-state index in [2.05, 4.69) is 11.4 Å². The van der Waals surface area contributed by atoms with Gasteiger partial charge in [0, 0.05) is 11.6 Å². The molecule has 29 heavy (non-hydrogen) atoms. The number of hydrogen-bond donors (Lipinski definition) is 2. The fraction of sp³-hybridized carbons (Fsp3) is 0.227. The van der Waals surface area contributed by atoms with Gasteiger partial charge in [-0.05, 0) is 42.0 Å². The summed E-state index contributed by atoms with van der Waals surface area (Å²) in [7, 11) is 3.58. The molecule has 3 aromatic carbocycles. The number of nitrogens with zero attached hydrogens (tertiary/aromatic N) is 1. The number of rotatable bonds is 7. The molecule has 0 aliphatic heterocycles. The van der Waals surface area contributed by atoms with Crippen molar-refractivity contribution in [2.75, 3.05) is 19.5 Å². The number of fused-ring (bicyclic) bond motifs is 1. The van der Waals surface area contributed by atoms with Crippen LogP contribution >= 0.6 is 0 Å². The van der Waals surface area contributed by atoms with Crippen LogP contribution in [-0.4, -0.2) is 31.0 Å². The Labute approximate surface area is 169 Å². The van der Waals surface area contributed by atoms with E-state index in [-0.39, 0.29) is 23.3 Å². The Bertz CT molecular complexity index is 1050. The van der Waals surface area contributed by atoms with Crippen LogP contribution in [0.15, 0.2) is 60.7 Å². The Morgan fingerprint density at radius 3 is 2.55 bits per heavy atom. The molecule has 150 valence electrons. The highest BCUT2D eigenvalue weighted by molar-refractivity contribution is 5.95. The molecule has 0 saturated carbocycles. The number of benzene rings is 3. The first-order chi connectivity index (χ1) is 13.9. The number of amides is 1. The summed E-state index contributed by atoms with van der Waals surface area (Å²) >= 11 is 0. The largest absolute Gasteiger partial charge is 0.497 e. The van der Waals surface area contributed by atoms with Gasteiger partial charge in [-0.2, -0.15) is 0 Å². The zero-order valence-corrected chi connectivity index (χ0v) is 16.6. The van der Waals surface area contributed by atoms with Crippen molar-refractivity contribution in [2.24, 2.45) is 0 Å². The lowest BCUT2D eigenvalue weighted by atomic mass is 10.1. The van der Waals surface area contributed by atoms with Gasteiger partial charge in [0.1, 0.15) is 18.0 Å². The number of nitro benzene ring substituents is 1. The lowest BCUT2D eigenvalue weighted by Gasteiger charge is -2.21. The molecule has 2 N–H and O–H groups in total. The first kappa shape index (κ1) is 20.3. The quantitative estimate of drug-likeness (QED) is 0.477. The number of anilines is 1. The van der Waals surface area contributed by atoms with Gasteiger partial charge >= 0.3 is 0 Å². The van der Waals surface area contributed by atoms with Gasteiger partial charge < -0.3 is 15.0 Å². The Kier molecular flexibility index (Phi) is 6.09. The fourth-order valence-electron chi connectivity index (χ4n) is 3.19. The number of carbonyl (C=O) groups excluding carboxylic acids is 1. The minimum Gasteiger partial charge on any atom is -0.497 e. The van der Waals surface area contributed by atoms with E-state index in [4.69, 9.17) is 4.74 Å². The molecule has 0 heterocycles. The molecule has 0 spiro atoms. The predicted molar refractivity (Wildman–Crippen MR) is 112 cm³/mol. The van der Waals surface area contributed by atoms with Crippen LogP contribution in [0.4, 0.5) is 11.4 Å². The molecule has 0 saturated heterocycles. The number of para-hydroxylation sites is 2. The number of methoxy groups -OCH3 is 1. The molecule has 0 bridgehead atoms. The Hall–Kier alpha value is -3.45. The molecular weight excluding hydrogens is 370 g/mol. The van der Waals surface area contributed by atoms with Crippen LogP contribution in [-0.2, 0) is 11.3 Å². The van der Waals surface area contributed by atoms with Gasteiger partial charge in [0.2, 0.25) is 0 Å². The molecular formula is C22H24N3O4+. The van der Waals surface area contributed by atoms with Crippen molar-refractivity contribution >= 4 is 28.1 Å². The molecule has 0 aliphatic carbocycles. The zero-order chi connectivity index (χ0) is 21.0. The number of likely N-dealkylation sites (N-methyl/N-ethyl adjacent to an activating group) is 1. The monoisotopic (exact) mass is 394 g/mol. The van der Waals surface area contributed by atoms with Crippen molar-refractivity contribution in [3.63, 3.8) is 0 Å². The topological polar surface area (TPSA) is 85.9 Å². The van der Waals surface area contributed by atoms with Crippen LogP contribution in [0.2, 0.25) is 0 Å². The maximum atomic E-state index is 12.6. The minimum absolute atomic E-state index is 0.115. The van der Waals surface area contributed by atoms with Gasteiger partial charge in [-0.3, -0.25) is 14.9 Å². The van der Waals surface area contributed by atoms with E-state index in [1.165, 1.54) is 12.1 Å². The van der Waals surface area contributed by atoms with Crippen LogP contribution < -0.4 is 15.0 Å². The van der Waals surface area contributed by atoms with E-state index < -0.39 is 4.92 Å². The van der Waals surface area contributed by atoms with E-state index in [0.717, 1.165) is 27.0 Å². The number of quaternary nitrogens is 1. The van der Waals surface area contributed by atoms with Gasteiger partial charge in [0.25, 0.3) is 11.6 Å². The number of carbonyl (C=O) groups is 1. The summed E-state index contributed by atoms with van der Waals surface area (Å²) < 4.78 is 5.26. The van der Waals surface area contributed by atoms with Crippen molar-refractivity contribution in [3.05, 3.63) is 76.3 Å². The number of nitrogens with one attached hydrogen (secondary N) is 2. The van der Waals surface area contributed by atoms with Gasteiger partial charge in [-0.25, -0.2) is 0 Å². The van der Waals surface area contributed by atoms with E-state index in [9.17, 15) is 14.9 Å². The lowest BCUT2D eigenvalue weighted by Crippen LogP contribution is -3.12. The van der Waals surface area contributed by atoms with Crippen LogP contribution in [0.5, 0.6) is 5.75 Å². The number of ether oxygens (including phenoxy) is 1. The van der Waals surface area contributed by atoms with Crippen molar-refractivity contribution in [1.29, 1.82) is 0 Å². The Morgan fingerprint density at radius 1 is 1.14 bits per heavy atom. The van der Waals surface area contributed by atoms with Crippen LogP contribution in [0.25, 0.3) is 10.8 Å². The highest BCUT2D eigenvalue weighted by atomic mass is 16.6. The number of nitro groups is 1. The second kappa shape index (κ2) is 8.70. The molecule has 2 atom stereocenters. The molecule has 0 aromatic heterocycles. The van der Waals surface area contributed by atoms with Crippen LogP contribution in [0.1, 0.15) is 12.5 Å². The summed E-state index contributed by atoms with van der Waals surface area (Å²) in [6.45, 7) is 2.46. The first-order valence-corrected chi connectivity index (χ1v) is 9.32. The van der Waals surface area contributed by atoms with Crippen molar-refractivity contribution < 1.29 is 19.4 Å². The summed E-state index contributed by atoms with van der Waals surface area (Å²) in [6.07, 6.45) is 0. The third kappa shape index (κ3) is 4.70. The highest BCUT2D eigenvalue weighted by Crippen LogP contribution is 2.23. The summed E-state index contributed by atoms with van der Waals surface area (Å²) in [6, 6.07) is 17.9. The third-order valence-electron chi connectivity index (χ3n) is 5.09. The standard InChI is InChI=1S/C22H23N3O4/c1-15(22(26)23-20-6-4-5-7-21(20)25(27)28)24(2)14-16-8-9-18-13-19(29-3)11-10-17(18)12-16/h4-13,15H,14H2,1-3H3,(H,23,26)/p+1/t15-/m0/s1. The highest BCUT2D eigenvalue weighted by Gasteiger charge is 2.24. The Balaban J connectivity index is 1.70. The van der Waals surface area contributed by atoms with Gasteiger partial charge in [-0.15, -0.1) is 0 Å². The molecule has 3 rings (SSSR count). The van der Waals surface area contributed by atoms with Crippen molar-refractivity contribution in [3.8, 4) is 5.75 Å². The van der Waals surface area contributed by atoms with Gasteiger partial charge in [0.15, 0.2) is 6.04 Å². The van der Waals surface area contributed by atoms with E-state index in [1.807, 2.05) is 44.3 Å². The fourth-order valence-corrected chi connectivity index (χ4v) is 3.19. The third-order valence-corrected chi connectivity index (χ3v) is 5.09. The zero-order valence-electron chi connectivity index (χ0n) is 16.6. The van der Waals surface area contributed by atoms with E-state index >= 15 is 0 Å². The molecule has 0 fully saturated rings. The smallest absolute Gasteiger partial charge is 0.292 e. The summed E-state index contributed by atoms with van der Waals surface area (Å²) in [5.41, 5.74) is 1.20. The van der Waals surface area contributed by atoms with E-state index in [1.54, 1.807) is 19.2 Å². The lowest BCUT2D eigenvalue weighted by molar-refractivity contribution is -0.907. The molecule has 3 aromatic rings. The Morgan fingerprint density at radius 2 is 1.83 bits per heavy atom. The second-order valence-electron chi connectivity index (χ2n) is 7.06. The van der Waals surface area contributed by atoms with Crippen LogP contribution in [0.3, 0.4) is 0 Å². The molecule has 1 unspecified atom stereocenters. The second-order valence-corrected chi connectivity index (χ2v) is 7.06. The van der Waals surface area contributed by atoms with Crippen LogP contribution in [0, 0.1) is 10.1 Å². The summed E-state index contributed by atoms with van der Waals surface area (Å²) in [5.74, 6) is 0.551. The maximum Gasteiger partial charge on any atom is 0.292 e. The molecule has 1 amide bonds. The first-order valence-electron chi connectivity index (χ1n) is 9.32. The predicted octanol–water partition coefficient (Wildman–Crippen LogP) is 2.80. The molecule has 7 nitrogen and oxygen atoms in total. The normalized spacial score (nSPS) is 12.9. The molecule has 7 heteroatoms. The number of hydrogen-bond acceptors (Lipinski definition) is 4. The maximum absolute atomic E-state index is 12.6. The van der Waals surface area contributed by atoms with Crippen molar-refractivity contribution in [2.45, 2.75) is 19.5 Å². The van der Waals surface area contributed by atoms with E-state index in [0.29, 0.717) is 6.54 Å².